The molecule has 0 amide bonds. The van der Waals surface area contributed by atoms with Crippen molar-refractivity contribution in [2.75, 3.05) is 7.11 Å². The summed E-state index contributed by atoms with van der Waals surface area (Å²) >= 11 is 7.48. The summed E-state index contributed by atoms with van der Waals surface area (Å²) in [5.74, 6) is -0.463. The summed E-state index contributed by atoms with van der Waals surface area (Å²) < 4.78 is 35.8. The molecule has 1 heterocycles. The average Bonchev–Trinajstić information content (AvgIpc) is 3.27. The van der Waals surface area contributed by atoms with E-state index in [1.807, 2.05) is 16.7 Å². The second kappa shape index (κ2) is 10.5. The number of fused-ring (bicyclic) bond motifs is 1. The van der Waals surface area contributed by atoms with E-state index in [1.165, 1.54) is 42.1 Å². The number of aromatic nitrogens is 2. The lowest BCUT2D eigenvalue weighted by Crippen LogP contribution is -2.15. The van der Waals surface area contributed by atoms with Gasteiger partial charge in [0.05, 0.1) is 34.0 Å². The lowest BCUT2D eigenvalue weighted by molar-refractivity contribution is -0.385. The third kappa shape index (κ3) is 4.93. The fourth-order valence-electron chi connectivity index (χ4n) is 4.76. The van der Waals surface area contributed by atoms with Crippen LogP contribution in [0.15, 0.2) is 65.8 Å². The Balaban J connectivity index is 1.62. The summed E-state index contributed by atoms with van der Waals surface area (Å²) in [6.45, 7) is 0. The summed E-state index contributed by atoms with van der Waals surface area (Å²) in [6, 6.07) is 15.6. The molecule has 0 fully saturated rings. The fraction of sp³-hybridized carbons (Fsp3) is 0.222. The first-order chi connectivity index (χ1) is 17.9. The molecule has 1 unspecified atom stereocenters. The fourth-order valence-corrected chi connectivity index (χ4v) is 6.02. The first kappa shape index (κ1) is 25.2. The number of rotatable bonds is 7. The van der Waals surface area contributed by atoms with Crippen molar-refractivity contribution in [2.45, 2.75) is 36.1 Å². The number of imidazole rings is 1. The van der Waals surface area contributed by atoms with Crippen LogP contribution >= 0.6 is 23.4 Å². The van der Waals surface area contributed by atoms with Gasteiger partial charge in [-0.1, -0.05) is 35.5 Å². The normalized spacial score (nSPS) is 14.9. The number of hydrogen-bond donors (Lipinski definition) is 0. The summed E-state index contributed by atoms with van der Waals surface area (Å²) in [5.41, 5.74) is 3.28. The maximum Gasteiger partial charge on any atom is 0.276 e. The van der Waals surface area contributed by atoms with Crippen molar-refractivity contribution in [3.63, 3.8) is 0 Å². The Hall–Kier alpha value is -3.43. The summed E-state index contributed by atoms with van der Waals surface area (Å²) in [7, 11) is 1.57. The van der Waals surface area contributed by atoms with Gasteiger partial charge in [-0.25, -0.2) is 13.8 Å². The molecule has 0 saturated heterocycles. The van der Waals surface area contributed by atoms with Gasteiger partial charge in [-0.05, 0) is 67.3 Å². The zero-order valence-corrected chi connectivity index (χ0v) is 21.4. The highest BCUT2D eigenvalue weighted by molar-refractivity contribution is 7.98. The maximum absolute atomic E-state index is 14.6. The molecular weight excluding hydrogens is 520 g/mol. The van der Waals surface area contributed by atoms with Gasteiger partial charge in [0.25, 0.3) is 5.69 Å². The molecular formula is C27H22ClF2N3O3S. The predicted octanol–water partition coefficient (Wildman–Crippen LogP) is 7.48. The summed E-state index contributed by atoms with van der Waals surface area (Å²) in [4.78, 5) is 15.8. The van der Waals surface area contributed by atoms with Gasteiger partial charge in [-0.15, -0.1) is 0 Å². The minimum Gasteiger partial charge on any atom is -0.495 e. The smallest absolute Gasteiger partial charge is 0.276 e. The van der Waals surface area contributed by atoms with E-state index in [0.29, 0.717) is 21.6 Å². The zero-order chi connectivity index (χ0) is 26.1. The van der Waals surface area contributed by atoms with Crippen LogP contribution in [0, 0.1) is 21.7 Å². The van der Waals surface area contributed by atoms with E-state index < -0.39 is 10.7 Å². The maximum atomic E-state index is 14.6. The van der Waals surface area contributed by atoms with Crippen LogP contribution in [-0.4, -0.2) is 21.6 Å². The number of nitro groups is 1. The Bertz CT molecular complexity index is 1480. The highest BCUT2D eigenvalue weighted by Crippen LogP contribution is 2.43. The Morgan fingerprint density at radius 1 is 1.19 bits per heavy atom. The van der Waals surface area contributed by atoms with Gasteiger partial charge in [0, 0.05) is 23.4 Å². The van der Waals surface area contributed by atoms with Crippen molar-refractivity contribution in [3.05, 3.63) is 110 Å². The predicted molar refractivity (Wildman–Crippen MR) is 139 cm³/mol. The molecule has 1 aliphatic rings. The van der Waals surface area contributed by atoms with Gasteiger partial charge in [0.2, 0.25) is 0 Å². The van der Waals surface area contributed by atoms with E-state index in [-0.39, 0.29) is 28.7 Å². The summed E-state index contributed by atoms with van der Waals surface area (Å²) in [6.07, 6.45) is 2.51. The average molecular weight is 542 g/mol. The van der Waals surface area contributed by atoms with Crippen LogP contribution in [0.3, 0.4) is 0 Å². The van der Waals surface area contributed by atoms with Gasteiger partial charge < -0.3 is 4.74 Å². The lowest BCUT2D eigenvalue weighted by Gasteiger charge is -2.25. The molecule has 0 N–H and O–H groups in total. The Labute approximate surface area is 221 Å². The minimum absolute atomic E-state index is 0.00288. The van der Waals surface area contributed by atoms with Crippen LogP contribution < -0.4 is 4.74 Å². The van der Waals surface area contributed by atoms with Crippen molar-refractivity contribution in [1.29, 1.82) is 0 Å². The Morgan fingerprint density at radius 3 is 2.70 bits per heavy atom. The third-order valence-electron chi connectivity index (χ3n) is 6.49. The molecule has 6 nitrogen and oxygen atoms in total. The van der Waals surface area contributed by atoms with Crippen molar-refractivity contribution in [2.24, 2.45) is 0 Å². The van der Waals surface area contributed by atoms with Crippen molar-refractivity contribution >= 4 is 29.1 Å². The van der Waals surface area contributed by atoms with E-state index in [2.05, 4.69) is 0 Å². The Morgan fingerprint density at radius 2 is 1.97 bits per heavy atom. The van der Waals surface area contributed by atoms with Gasteiger partial charge in [0.1, 0.15) is 17.4 Å². The van der Waals surface area contributed by atoms with Crippen LogP contribution in [0.2, 0.25) is 5.02 Å². The topological polar surface area (TPSA) is 70.2 Å². The molecule has 1 aromatic heterocycles. The molecule has 1 atom stereocenters. The zero-order valence-electron chi connectivity index (χ0n) is 19.8. The number of methoxy groups -OCH3 is 1. The number of benzene rings is 3. The molecule has 5 rings (SSSR count). The van der Waals surface area contributed by atoms with Gasteiger partial charge in [-0.3, -0.25) is 14.7 Å². The SMILES string of the molecule is COc1cc(C2CCCc3nc(SCc4c(F)cccc4[N+](=O)[O-])n(-c4ccc(F)cc4)c32)ccc1Cl. The van der Waals surface area contributed by atoms with E-state index in [9.17, 15) is 18.9 Å². The van der Waals surface area contributed by atoms with Crippen LogP contribution in [-0.2, 0) is 12.2 Å². The molecule has 0 aliphatic heterocycles. The standard InChI is InChI=1S/C27H22ClF2N3O3S/c1-36-25-14-16(8-13-21(25)28)19-4-2-6-23-26(19)32(18-11-9-17(29)10-12-18)27(31-23)37-15-20-22(30)5-3-7-24(20)33(34)35/h3,5,7-14,19H,2,4,6,15H2,1H3. The van der Waals surface area contributed by atoms with Crippen molar-refractivity contribution in [3.8, 4) is 11.4 Å². The van der Waals surface area contributed by atoms with Crippen molar-refractivity contribution < 1.29 is 18.4 Å². The molecule has 0 spiro atoms. The molecule has 4 aromatic rings. The minimum atomic E-state index is -0.641. The number of ether oxygens (including phenoxy) is 1. The second-order valence-corrected chi connectivity index (χ2v) is 10.0. The van der Waals surface area contributed by atoms with E-state index in [1.54, 1.807) is 25.3 Å². The van der Waals surface area contributed by atoms with E-state index in [4.69, 9.17) is 21.3 Å². The molecule has 37 heavy (non-hydrogen) atoms. The van der Waals surface area contributed by atoms with Gasteiger partial charge in [-0.2, -0.15) is 0 Å². The van der Waals surface area contributed by atoms with Crippen LogP contribution in [0.1, 0.15) is 41.3 Å². The van der Waals surface area contributed by atoms with Crippen LogP contribution in [0.4, 0.5) is 14.5 Å². The second-order valence-electron chi connectivity index (χ2n) is 8.66. The first-order valence-electron chi connectivity index (χ1n) is 11.6. The van der Waals surface area contributed by atoms with Crippen molar-refractivity contribution in [1.82, 2.24) is 9.55 Å². The monoisotopic (exact) mass is 541 g/mol. The number of nitro benzene ring substituents is 1. The molecule has 1 aliphatic carbocycles. The van der Waals surface area contributed by atoms with E-state index >= 15 is 0 Å². The number of halogens is 3. The van der Waals surface area contributed by atoms with Crippen LogP contribution in [0.5, 0.6) is 5.75 Å². The molecule has 10 heteroatoms. The molecule has 3 aromatic carbocycles. The van der Waals surface area contributed by atoms with Gasteiger partial charge >= 0.3 is 0 Å². The number of aryl methyl sites for hydroxylation is 1. The van der Waals surface area contributed by atoms with E-state index in [0.717, 1.165) is 36.2 Å². The molecule has 0 saturated carbocycles. The number of thioether (sulfide) groups is 1. The largest absolute Gasteiger partial charge is 0.495 e. The quantitative estimate of drug-likeness (QED) is 0.138. The molecule has 190 valence electrons. The molecule has 0 radical (unpaired) electrons. The summed E-state index contributed by atoms with van der Waals surface area (Å²) in [5, 5.41) is 12.6. The number of hydrogen-bond acceptors (Lipinski definition) is 5. The first-order valence-corrected chi connectivity index (χ1v) is 13.0. The van der Waals surface area contributed by atoms with Crippen LogP contribution in [0.25, 0.3) is 5.69 Å². The number of nitrogens with zero attached hydrogens (tertiary/aromatic N) is 3. The highest BCUT2D eigenvalue weighted by Gasteiger charge is 2.31. The highest BCUT2D eigenvalue weighted by atomic mass is 35.5. The van der Waals surface area contributed by atoms with Gasteiger partial charge in [0.15, 0.2) is 5.16 Å². The lowest BCUT2D eigenvalue weighted by atomic mass is 9.84. The third-order valence-corrected chi connectivity index (χ3v) is 7.77. The molecule has 0 bridgehead atoms. The Kier molecular flexibility index (Phi) is 7.17.